The van der Waals surface area contributed by atoms with Crippen LogP contribution in [-0.4, -0.2) is 55.1 Å². The summed E-state index contributed by atoms with van der Waals surface area (Å²) < 4.78 is 5.89. The van der Waals surface area contributed by atoms with Crippen LogP contribution in [0, 0.1) is 16.7 Å². The van der Waals surface area contributed by atoms with Crippen LogP contribution < -0.4 is 19.9 Å². The van der Waals surface area contributed by atoms with Gasteiger partial charge in [-0.05, 0) is 68.8 Å². The fraction of sp³-hybridized carbons (Fsp3) is 0.542. The summed E-state index contributed by atoms with van der Waals surface area (Å²) in [6.07, 6.45) is 4.65. The van der Waals surface area contributed by atoms with Gasteiger partial charge in [-0.1, -0.05) is 11.6 Å². The largest absolute Gasteiger partial charge is 0.472 e. The maximum atomic E-state index is 9.15. The molecule has 5 rings (SSSR count). The van der Waals surface area contributed by atoms with Gasteiger partial charge in [0, 0.05) is 44.0 Å². The summed E-state index contributed by atoms with van der Waals surface area (Å²) in [5.74, 6) is 1.54. The first-order valence-electron chi connectivity index (χ1n) is 11.5. The zero-order valence-corrected chi connectivity index (χ0v) is 19.2. The normalized spacial score (nSPS) is 24.7. The van der Waals surface area contributed by atoms with Crippen LogP contribution in [-0.2, 0) is 0 Å². The summed E-state index contributed by atoms with van der Waals surface area (Å²) in [5.41, 5.74) is 1.95. The molecule has 4 heterocycles. The molecular weight excluding hydrogens is 424 g/mol. The Hall–Kier alpha value is -2.56. The Morgan fingerprint density at radius 2 is 2.06 bits per heavy atom. The second-order valence-electron chi connectivity index (χ2n) is 9.41. The summed E-state index contributed by atoms with van der Waals surface area (Å²) in [4.78, 5) is 4.79. The van der Waals surface area contributed by atoms with E-state index in [4.69, 9.17) is 21.6 Å². The van der Waals surface area contributed by atoms with Gasteiger partial charge >= 0.3 is 0 Å². The molecule has 0 unspecified atom stereocenters. The second-order valence-corrected chi connectivity index (χ2v) is 9.81. The third-order valence-corrected chi connectivity index (χ3v) is 7.56. The molecule has 32 heavy (non-hydrogen) atoms. The van der Waals surface area contributed by atoms with E-state index >= 15 is 0 Å². The first kappa shape index (κ1) is 21.3. The summed E-state index contributed by atoms with van der Waals surface area (Å²) in [5, 5.41) is 21.7. The average Bonchev–Trinajstić information content (AvgIpc) is 3.43. The van der Waals surface area contributed by atoms with Crippen molar-refractivity contribution >= 4 is 23.1 Å². The Kier molecular flexibility index (Phi) is 5.83. The number of hydrogen-bond acceptors (Lipinski definition) is 7. The highest BCUT2D eigenvalue weighted by Crippen LogP contribution is 2.45. The number of ether oxygens (including phenoxy) is 1. The Labute approximate surface area is 194 Å². The van der Waals surface area contributed by atoms with Gasteiger partial charge in [-0.15, -0.1) is 10.2 Å². The Balaban J connectivity index is 1.20. The van der Waals surface area contributed by atoms with E-state index in [1.165, 1.54) is 6.42 Å². The standard InChI is InChI=1S/C24H29ClN6O/c1-17-13-24(16-31(17)19-3-2-18(14-26)21(25)12-19)7-10-30(11-8-24)22-4-5-23(29-28-22)32-20-6-9-27-15-20/h2-5,12,17,20,27H,6-11,13,15-16H2,1H3/t17-,20+/m0/s1. The molecule has 0 bridgehead atoms. The number of piperidine rings is 1. The third kappa shape index (κ3) is 4.22. The van der Waals surface area contributed by atoms with Crippen molar-refractivity contribution in [2.45, 2.75) is 44.8 Å². The summed E-state index contributed by atoms with van der Waals surface area (Å²) in [6.45, 7) is 7.16. The van der Waals surface area contributed by atoms with Crippen molar-refractivity contribution in [2.24, 2.45) is 5.41 Å². The molecule has 7 nitrogen and oxygen atoms in total. The Morgan fingerprint density at radius 1 is 1.22 bits per heavy atom. The van der Waals surface area contributed by atoms with Gasteiger partial charge < -0.3 is 19.9 Å². The van der Waals surface area contributed by atoms with E-state index in [-0.39, 0.29) is 6.10 Å². The lowest BCUT2D eigenvalue weighted by molar-refractivity contribution is 0.211. The molecule has 168 valence electrons. The lowest BCUT2D eigenvalue weighted by Gasteiger charge is -2.39. The van der Waals surface area contributed by atoms with Gasteiger partial charge in [0.1, 0.15) is 12.2 Å². The molecule has 0 saturated carbocycles. The van der Waals surface area contributed by atoms with Gasteiger partial charge in [0.15, 0.2) is 5.82 Å². The molecule has 0 aliphatic carbocycles. The summed E-state index contributed by atoms with van der Waals surface area (Å²) >= 11 is 6.30. The number of anilines is 2. The molecule has 2 atom stereocenters. The minimum Gasteiger partial charge on any atom is -0.472 e. The van der Waals surface area contributed by atoms with E-state index in [9.17, 15) is 0 Å². The molecule has 1 spiro atoms. The molecule has 0 amide bonds. The molecule has 3 aliphatic heterocycles. The Morgan fingerprint density at radius 3 is 2.72 bits per heavy atom. The molecule has 8 heteroatoms. The van der Waals surface area contributed by atoms with Crippen molar-refractivity contribution in [2.75, 3.05) is 42.5 Å². The van der Waals surface area contributed by atoms with Crippen LogP contribution >= 0.6 is 11.6 Å². The maximum Gasteiger partial charge on any atom is 0.233 e. The van der Waals surface area contributed by atoms with Gasteiger partial charge in [-0.2, -0.15) is 5.26 Å². The van der Waals surface area contributed by atoms with Crippen molar-refractivity contribution in [3.05, 3.63) is 40.9 Å². The number of aromatic nitrogens is 2. The molecule has 3 aliphatic rings. The number of halogens is 1. The summed E-state index contributed by atoms with van der Waals surface area (Å²) in [6, 6.07) is 12.4. The van der Waals surface area contributed by atoms with Crippen molar-refractivity contribution in [1.82, 2.24) is 15.5 Å². The van der Waals surface area contributed by atoms with Crippen molar-refractivity contribution < 1.29 is 4.74 Å². The molecule has 3 saturated heterocycles. The number of nitriles is 1. The maximum absolute atomic E-state index is 9.15. The molecule has 3 fully saturated rings. The Bertz CT molecular complexity index is 993. The number of nitrogens with zero attached hydrogens (tertiary/aromatic N) is 5. The van der Waals surface area contributed by atoms with E-state index < -0.39 is 0 Å². The first-order chi connectivity index (χ1) is 15.5. The highest BCUT2D eigenvalue weighted by molar-refractivity contribution is 6.32. The fourth-order valence-electron chi connectivity index (χ4n) is 5.45. The van der Waals surface area contributed by atoms with Gasteiger partial charge in [0.2, 0.25) is 5.88 Å². The number of nitrogens with one attached hydrogen (secondary N) is 1. The average molecular weight is 453 g/mol. The zero-order valence-electron chi connectivity index (χ0n) is 18.4. The van der Waals surface area contributed by atoms with Gasteiger partial charge in [0.25, 0.3) is 0 Å². The van der Waals surface area contributed by atoms with Crippen LogP contribution in [0.15, 0.2) is 30.3 Å². The molecule has 2 aromatic rings. The van der Waals surface area contributed by atoms with E-state index in [1.54, 1.807) is 0 Å². The third-order valence-electron chi connectivity index (χ3n) is 7.25. The van der Waals surface area contributed by atoms with E-state index in [0.717, 1.165) is 63.5 Å². The van der Waals surface area contributed by atoms with Crippen molar-refractivity contribution in [3.8, 4) is 11.9 Å². The lowest BCUT2D eigenvalue weighted by Crippen LogP contribution is -2.42. The van der Waals surface area contributed by atoms with E-state index in [1.807, 2.05) is 30.3 Å². The quantitative estimate of drug-likeness (QED) is 0.758. The molecule has 1 aromatic carbocycles. The van der Waals surface area contributed by atoms with Crippen LogP contribution in [0.5, 0.6) is 5.88 Å². The second kappa shape index (κ2) is 8.76. The van der Waals surface area contributed by atoms with Crippen LogP contribution in [0.3, 0.4) is 0 Å². The van der Waals surface area contributed by atoms with Crippen molar-refractivity contribution in [3.63, 3.8) is 0 Å². The van der Waals surface area contributed by atoms with Crippen LogP contribution in [0.1, 0.15) is 38.2 Å². The molecule has 1 N–H and O–H groups in total. The van der Waals surface area contributed by atoms with Crippen LogP contribution in [0.2, 0.25) is 5.02 Å². The van der Waals surface area contributed by atoms with Gasteiger partial charge in [-0.25, -0.2) is 0 Å². The molecular formula is C24H29ClN6O. The van der Waals surface area contributed by atoms with E-state index in [2.05, 4.69) is 38.3 Å². The fourth-order valence-corrected chi connectivity index (χ4v) is 5.67. The van der Waals surface area contributed by atoms with Gasteiger partial charge in [-0.3, -0.25) is 0 Å². The topological polar surface area (TPSA) is 77.3 Å². The van der Waals surface area contributed by atoms with Gasteiger partial charge in [0.05, 0.1) is 10.6 Å². The van der Waals surface area contributed by atoms with Crippen LogP contribution in [0.4, 0.5) is 11.5 Å². The number of benzene rings is 1. The molecule has 1 aromatic heterocycles. The highest BCUT2D eigenvalue weighted by atomic mass is 35.5. The minimum atomic E-state index is 0.197. The highest BCUT2D eigenvalue weighted by Gasteiger charge is 2.44. The predicted molar refractivity (Wildman–Crippen MR) is 125 cm³/mol. The number of hydrogen-bond donors (Lipinski definition) is 1. The number of rotatable bonds is 4. The molecule has 0 radical (unpaired) electrons. The minimum absolute atomic E-state index is 0.197. The zero-order chi connectivity index (χ0) is 22.1. The monoisotopic (exact) mass is 452 g/mol. The van der Waals surface area contributed by atoms with Crippen LogP contribution in [0.25, 0.3) is 0 Å². The lowest BCUT2D eigenvalue weighted by atomic mass is 9.77. The predicted octanol–water partition coefficient (Wildman–Crippen LogP) is 3.63. The SMILES string of the molecule is C[C@H]1CC2(CCN(c3ccc(O[C@@H]4CCNC4)nn3)CC2)CN1c1ccc(C#N)c(Cl)c1. The van der Waals surface area contributed by atoms with Crippen molar-refractivity contribution in [1.29, 1.82) is 5.26 Å². The first-order valence-corrected chi connectivity index (χ1v) is 11.9. The van der Waals surface area contributed by atoms with E-state index in [0.29, 0.717) is 27.9 Å². The smallest absolute Gasteiger partial charge is 0.233 e. The summed E-state index contributed by atoms with van der Waals surface area (Å²) in [7, 11) is 0.